The van der Waals surface area contributed by atoms with E-state index in [9.17, 15) is 0 Å². The fraction of sp³-hybridized carbons (Fsp3) is 0.125. The van der Waals surface area contributed by atoms with Crippen molar-refractivity contribution in [3.05, 3.63) is 28.0 Å². The third-order valence-electron chi connectivity index (χ3n) is 1.73. The van der Waals surface area contributed by atoms with E-state index >= 15 is 0 Å². The quantitative estimate of drug-likeness (QED) is 0.664. The SMILES string of the molecule is Nc1nc(SCc2ccc(Cl)nc2Cl)n[nH]1. The molecule has 2 heterocycles. The van der Waals surface area contributed by atoms with Crippen molar-refractivity contribution in [2.45, 2.75) is 10.9 Å². The molecular formula is C8H7Cl2N5S. The molecule has 0 aliphatic rings. The molecule has 3 N–H and O–H groups in total. The average molecular weight is 276 g/mol. The van der Waals surface area contributed by atoms with Crippen LogP contribution in [0.25, 0.3) is 0 Å². The highest BCUT2D eigenvalue weighted by Crippen LogP contribution is 2.24. The van der Waals surface area contributed by atoms with Crippen molar-refractivity contribution in [1.82, 2.24) is 20.2 Å². The first-order valence-corrected chi connectivity index (χ1v) is 6.01. The maximum Gasteiger partial charge on any atom is 0.216 e. The van der Waals surface area contributed by atoms with Gasteiger partial charge in [0.15, 0.2) is 0 Å². The van der Waals surface area contributed by atoms with E-state index < -0.39 is 0 Å². The summed E-state index contributed by atoms with van der Waals surface area (Å²) >= 11 is 13.0. The van der Waals surface area contributed by atoms with Gasteiger partial charge in [0.25, 0.3) is 0 Å². The number of H-pyrrole nitrogens is 1. The lowest BCUT2D eigenvalue weighted by atomic mass is 10.3. The number of nitrogen functional groups attached to an aromatic ring is 1. The first-order chi connectivity index (χ1) is 7.65. The molecule has 2 rings (SSSR count). The maximum atomic E-state index is 5.92. The summed E-state index contributed by atoms with van der Waals surface area (Å²) < 4.78 is 0. The van der Waals surface area contributed by atoms with Gasteiger partial charge in [0.1, 0.15) is 10.3 Å². The number of thioether (sulfide) groups is 1. The number of hydrogen-bond acceptors (Lipinski definition) is 5. The van der Waals surface area contributed by atoms with Crippen molar-refractivity contribution in [1.29, 1.82) is 0 Å². The van der Waals surface area contributed by atoms with E-state index in [2.05, 4.69) is 20.2 Å². The maximum absolute atomic E-state index is 5.92. The van der Waals surface area contributed by atoms with Crippen LogP contribution in [-0.4, -0.2) is 20.2 Å². The van der Waals surface area contributed by atoms with Gasteiger partial charge in [-0.1, -0.05) is 41.0 Å². The van der Waals surface area contributed by atoms with E-state index in [0.29, 0.717) is 27.2 Å². The second-order valence-corrected chi connectivity index (χ2v) is 4.56. The van der Waals surface area contributed by atoms with Crippen molar-refractivity contribution in [3.63, 3.8) is 0 Å². The Labute approximate surface area is 106 Å². The highest BCUT2D eigenvalue weighted by atomic mass is 35.5. The Morgan fingerprint density at radius 1 is 1.31 bits per heavy atom. The van der Waals surface area contributed by atoms with Crippen LogP contribution in [0.4, 0.5) is 5.95 Å². The molecule has 0 saturated heterocycles. The number of pyridine rings is 1. The van der Waals surface area contributed by atoms with Crippen molar-refractivity contribution in [2.75, 3.05) is 5.73 Å². The highest BCUT2D eigenvalue weighted by Gasteiger charge is 2.06. The molecule has 0 fully saturated rings. The van der Waals surface area contributed by atoms with E-state index in [1.54, 1.807) is 6.07 Å². The molecule has 0 amide bonds. The molecule has 0 spiro atoms. The molecule has 0 aliphatic heterocycles. The molecule has 84 valence electrons. The van der Waals surface area contributed by atoms with Gasteiger partial charge in [-0.2, -0.15) is 4.98 Å². The predicted molar refractivity (Wildman–Crippen MR) is 64.6 cm³/mol. The molecule has 16 heavy (non-hydrogen) atoms. The Bertz CT molecular complexity index is 501. The average Bonchev–Trinajstić information content (AvgIpc) is 2.63. The summed E-state index contributed by atoms with van der Waals surface area (Å²) in [4.78, 5) is 7.89. The number of nitrogens with two attached hydrogens (primary N) is 1. The molecule has 0 bridgehead atoms. The number of anilines is 1. The number of aromatic amines is 1. The highest BCUT2D eigenvalue weighted by molar-refractivity contribution is 7.98. The van der Waals surface area contributed by atoms with E-state index in [1.807, 2.05) is 6.07 Å². The zero-order chi connectivity index (χ0) is 11.5. The lowest BCUT2D eigenvalue weighted by molar-refractivity contribution is 0.973. The van der Waals surface area contributed by atoms with Gasteiger partial charge in [-0.3, -0.25) is 0 Å². The van der Waals surface area contributed by atoms with Gasteiger partial charge in [-0.15, -0.1) is 5.10 Å². The van der Waals surface area contributed by atoms with E-state index in [-0.39, 0.29) is 0 Å². The molecule has 0 aromatic carbocycles. The third-order valence-corrected chi connectivity index (χ3v) is 3.16. The molecule has 5 nitrogen and oxygen atoms in total. The summed E-state index contributed by atoms with van der Waals surface area (Å²) in [6, 6.07) is 3.51. The number of hydrogen-bond donors (Lipinski definition) is 2. The van der Waals surface area contributed by atoms with Crippen molar-refractivity contribution in [3.8, 4) is 0 Å². The second-order valence-electron chi connectivity index (χ2n) is 2.88. The van der Waals surface area contributed by atoms with Crippen molar-refractivity contribution in [2.24, 2.45) is 0 Å². The first-order valence-electron chi connectivity index (χ1n) is 4.27. The Morgan fingerprint density at radius 3 is 2.75 bits per heavy atom. The summed E-state index contributed by atoms with van der Waals surface area (Å²) in [5.74, 6) is 0.906. The summed E-state index contributed by atoms with van der Waals surface area (Å²) in [5, 5.41) is 7.79. The number of nitrogens with zero attached hydrogens (tertiary/aromatic N) is 3. The Kier molecular flexibility index (Phi) is 3.52. The Hall–Kier alpha value is -0.980. The van der Waals surface area contributed by atoms with Crippen LogP contribution >= 0.6 is 35.0 Å². The second kappa shape index (κ2) is 4.90. The number of halogens is 2. The molecule has 0 unspecified atom stereocenters. The molecule has 2 aromatic heterocycles. The van der Waals surface area contributed by atoms with Gasteiger partial charge >= 0.3 is 0 Å². The van der Waals surface area contributed by atoms with Gasteiger partial charge < -0.3 is 5.73 Å². The van der Waals surface area contributed by atoms with Gasteiger partial charge in [0.05, 0.1) is 0 Å². The molecule has 2 aromatic rings. The molecule has 0 radical (unpaired) electrons. The molecular weight excluding hydrogens is 269 g/mol. The zero-order valence-electron chi connectivity index (χ0n) is 7.94. The topological polar surface area (TPSA) is 80.5 Å². The van der Waals surface area contributed by atoms with Crippen LogP contribution in [0.15, 0.2) is 17.3 Å². The van der Waals surface area contributed by atoms with Gasteiger partial charge in [-0.05, 0) is 11.6 Å². The molecule has 0 atom stereocenters. The van der Waals surface area contributed by atoms with Crippen LogP contribution in [0, 0.1) is 0 Å². The fourth-order valence-electron chi connectivity index (χ4n) is 1.01. The zero-order valence-corrected chi connectivity index (χ0v) is 10.3. The van der Waals surface area contributed by atoms with Crippen LogP contribution in [0.2, 0.25) is 10.3 Å². The van der Waals surface area contributed by atoms with Crippen LogP contribution in [0.1, 0.15) is 5.56 Å². The predicted octanol–water partition coefficient (Wildman–Crippen LogP) is 2.38. The smallest absolute Gasteiger partial charge is 0.216 e. The van der Waals surface area contributed by atoms with Crippen molar-refractivity contribution < 1.29 is 0 Å². The van der Waals surface area contributed by atoms with Crippen LogP contribution in [0.5, 0.6) is 0 Å². The lowest BCUT2D eigenvalue weighted by Crippen LogP contribution is -1.88. The number of nitrogens with one attached hydrogen (secondary N) is 1. The Morgan fingerprint density at radius 2 is 2.12 bits per heavy atom. The standard InChI is InChI=1S/C8H7Cl2N5S/c9-5-2-1-4(6(10)12-5)3-16-8-13-7(11)14-15-8/h1-2H,3H2,(H3,11,13,14,15). The minimum absolute atomic E-state index is 0.294. The third kappa shape index (κ3) is 2.78. The van der Waals surface area contributed by atoms with Gasteiger partial charge in [0, 0.05) is 5.75 Å². The Balaban J connectivity index is 2.04. The molecule has 0 saturated carbocycles. The van der Waals surface area contributed by atoms with Crippen LogP contribution in [0.3, 0.4) is 0 Å². The van der Waals surface area contributed by atoms with Crippen molar-refractivity contribution >= 4 is 40.9 Å². The lowest BCUT2D eigenvalue weighted by Gasteiger charge is -2.01. The summed E-state index contributed by atoms with van der Waals surface area (Å²) in [6.07, 6.45) is 0. The minimum atomic E-state index is 0.294. The largest absolute Gasteiger partial charge is 0.368 e. The van der Waals surface area contributed by atoms with E-state index in [4.69, 9.17) is 28.9 Å². The normalized spacial score (nSPS) is 10.6. The van der Waals surface area contributed by atoms with Gasteiger partial charge in [0.2, 0.25) is 11.1 Å². The van der Waals surface area contributed by atoms with E-state index in [0.717, 1.165) is 5.56 Å². The fourth-order valence-corrected chi connectivity index (χ4v) is 2.30. The number of rotatable bonds is 3. The minimum Gasteiger partial charge on any atom is -0.368 e. The first kappa shape index (κ1) is 11.5. The van der Waals surface area contributed by atoms with Crippen LogP contribution in [-0.2, 0) is 5.75 Å². The van der Waals surface area contributed by atoms with Crippen LogP contribution < -0.4 is 5.73 Å². The summed E-state index contributed by atoms with van der Waals surface area (Å²) in [6.45, 7) is 0. The molecule has 8 heteroatoms. The summed E-state index contributed by atoms with van der Waals surface area (Å²) in [5.41, 5.74) is 6.27. The monoisotopic (exact) mass is 275 g/mol. The van der Waals surface area contributed by atoms with E-state index in [1.165, 1.54) is 11.8 Å². The van der Waals surface area contributed by atoms with Gasteiger partial charge in [-0.25, -0.2) is 10.1 Å². The summed E-state index contributed by atoms with van der Waals surface area (Å²) in [7, 11) is 0. The molecule has 0 aliphatic carbocycles. The number of aromatic nitrogens is 4.